The summed E-state index contributed by atoms with van der Waals surface area (Å²) in [7, 11) is 0. The molecule has 3 N–H and O–H groups in total. The van der Waals surface area contributed by atoms with Crippen molar-refractivity contribution in [3.8, 4) is 0 Å². The number of carbonyl (C=O) groups excluding carboxylic acids is 1. The van der Waals surface area contributed by atoms with E-state index in [0.29, 0.717) is 6.42 Å². The molecule has 0 aromatic carbocycles. The van der Waals surface area contributed by atoms with E-state index in [1.807, 2.05) is 6.08 Å². The van der Waals surface area contributed by atoms with E-state index in [0.717, 1.165) is 89.9 Å². The highest BCUT2D eigenvalue weighted by Crippen LogP contribution is 2.16. The largest absolute Gasteiger partial charge is 0.394 e. The zero-order valence-corrected chi connectivity index (χ0v) is 42.0. The minimum absolute atomic E-state index is 0.108. The molecule has 0 spiro atoms. The van der Waals surface area contributed by atoms with Gasteiger partial charge in [-0.2, -0.15) is 0 Å². The molecule has 0 saturated carbocycles. The normalized spacial score (nSPS) is 13.8. The number of rotatable bonds is 48. The van der Waals surface area contributed by atoms with Crippen LogP contribution in [0.2, 0.25) is 0 Å². The van der Waals surface area contributed by atoms with Crippen molar-refractivity contribution in [3.05, 3.63) is 109 Å². The topological polar surface area (TPSA) is 69.6 Å². The average Bonchev–Trinajstić information content (AvgIpc) is 3.30. The van der Waals surface area contributed by atoms with Gasteiger partial charge in [0.2, 0.25) is 5.91 Å². The van der Waals surface area contributed by atoms with Gasteiger partial charge in [0.15, 0.2) is 0 Å². The molecule has 0 saturated heterocycles. The van der Waals surface area contributed by atoms with Crippen LogP contribution in [0.15, 0.2) is 109 Å². The summed E-state index contributed by atoms with van der Waals surface area (Å²) in [5, 5.41) is 23.1. The molecule has 64 heavy (non-hydrogen) atoms. The molecule has 0 bridgehead atoms. The van der Waals surface area contributed by atoms with Crippen LogP contribution in [0.4, 0.5) is 0 Å². The Hall–Kier alpha value is -2.95. The smallest absolute Gasteiger partial charge is 0.220 e. The van der Waals surface area contributed by atoms with Gasteiger partial charge < -0.3 is 15.5 Å². The van der Waals surface area contributed by atoms with Crippen molar-refractivity contribution in [3.63, 3.8) is 0 Å². The van der Waals surface area contributed by atoms with Gasteiger partial charge in [0, 0.05) is 6.42 Å². The van der Waals surface area contributed by atoms with Gasteiger partial charge in [0.25, 0.3) is 0 Å². The van der Waals surface area contributed by atoms with E-state index in [1.54, 1.807) is 6.08 Å². The first-order valence-electron chi connectivity index (χ1n) is 27.1. The second-order valence-corrected chi connectivity index (χ2v) is 17.9. The Balaban J connectivity index is 3.66. The molecule has 0 fully saturated rings. The van der Waals surface area contributed by atoms with Crippen molar-refractivity contribution < 1.29 is 15.0 Å². The average molecular weight is 886 g/mol. The molecule has 0 rings (SSSR count). The van der Waals surface area contributed by atoms with E-state index >= 15 is 0 Å². The van der Waals surface area contributed by atoms with Gasteiger partial charge >= 0.3 is 0 Å². The number of aliphatic hydroxyl groups excluding tert-OH is 2. The predicted molar refractivity (Wildman–Crippen MR) is 285 cm³/mol. The Labute approximate surface area is 397 Å². The highest BCUT2D eigenvalue weighted by molar-refractivity contribution is 5.76. The van der Waals surface area contributed by atoms with Crippen LogP contribution in [0.3, 0.4) is 0 Å². The molecule has 0 aliphatic carbocycles. The fourth-order valence-electron chi connectivity index (χ4n) is 7.65. The van der Waals surface area contributed by atoms with Crippen molar-refractivity contribution in [1.29, 1.82) is 0 Å². The third-order valence-corrected chi connectivity index (χ3v) is 11.7. The van der Waals surface area contributed by atoms with Crippen LogP contribution in [0.5, 0.6) is 0 Å². The minimum Gasteiger partial charge on any atom is -0.394 e. The molecule has 0 aliphatic heterocycles. The summed E-state index contributed by atoms with van der Waals surface area (Å²) in [6, 6.07) is -0.666. The van der Waals surface area contributed by atoms with Gasteiger partial charge in [-0.1, -0.05) is 258 Å². The van der Waals surface area contributed by atoms with Crippen LogP contribution in [0, 0.1) is 0 Å². The number of allylic oxidation sites excluding steroid dienone is 17. The summed E-state index contributed by atoms with van der Waals surface area (Å²) in [5.74, 6) is -0.108. The van der Waals surface area contributed by atoms with Crippen LogP contribution >= 0.6 is 0 Å². The van der Waals surface area contributed by atoms with Crippen LogP contribution in [-0.2, 0) is 4.79 Å². The lowest BCUT2D eigenvalue weighted by molar-refractivity contribution is -0.123. The van der Waals surface area contributed by atoms with Gasteiger partial charge in [0.1, 0.15) is 0 Å². The van der Waals surface area contributed by atoms with Crippen molar-refractivity contribution in [2.75, 3.05) is 6.61 Å². The zero-order chi connectivity index (χ0) is 46.3. The molecule has 4 nitrogen and oxygen atoms in total. The van der Waals surface area contributed by atoms with Gasteiger partial charge in [0.05, 0.1) is 18.8 Å². The maximum atomic E-state index is 12.4. The molecule has 2 unspecified atom stereocenters. The molecule has 0 aromatic rings. The quantitative estimate of drug-likeness (QED) is 0.0421. The SMILES string of the molecule is CC/C=C\C/C=C\C/C=C\C/C=C\C/C=C\C/C=C\C/C=C\CCCCCC(=O)NC(CO)C(O)/C=C/CC/C=C/CCCCCCCCCCCCCCCCCCCCCCC. The third-order valence-electron chi connectivity index (χ3n) is 11.7. The number of nitrogens with one attached hydrogen (secondary N) is 1. The maximum Gasteiger partial charge on any atom is 0.220 e. The Kier molecular flexibility index (Phi) is 51.9. The highest BCUT2D eigenvalue weighted by Gasteiger charge is 2.17. The molecule has 4 heteroatoms. The van der Waals surface area contributed by atoms with Gasteiger partial charge in [-0.3, -0.25) is 4.79 Å². The molecule has 2 atom stereocenters. The van der Waals surface area contributed by atoms with Crippen molar-refractivity contribution in [2.45, 2.75) is 257 Å². The van der Waals surface area contributed by atoms with Gasteiger partial charge in [-0.05, 0) is 89.9 Å². The molecule has 0 aromatic heterocycles. The van der Waals surface area contributed by atoms with Crippen LogP contribution < -0.4 is 5.32 Å². The van der Waals surface area contributed by atoms with Crippen molar-refractivity contribution in [1.82, 2.24) is 5.32 Å². The van der Waals surface area contributed by atoms with Gasteiger partial charge in [-0.15, -0.1) is 0 Å². The van der Waals surface area contributed by atoms with E-state index in [-0.39, 0.29) is 12.5 Å². The van der Waals surface area contributed by atoms with E-state index in [9.17, 15) is 15.0 Å². The fourth-order valence-corrected chi connectivity index (χ4v) is 7.65. The summed E-state index contributed by atoms with van der Waals surface area (Å²) in [6.07, 6.45) is 82.4. The molecular weight excluding hydrogens is 783 g/mol. The maximum absolute atomic E-state index is 12.4. The number of hydrogen-bond acceptors (Lipinski definition) is 3. The zero-order valence-electron chi connectivity index (χ0n) is 42.0. The van der Waals surface area contributed by atoms with Crippen LogP contribution in [0.25, 0.3) is 0 Å². The molecule has 0 heterocycles. The Morgan fingerprint density at radius 2 is 0.703 bits per heavy atom. The Morgan fingerprint density at radius 1 is 0.391 bits per heavy atom. The summed E-state index contributed by atoms with van der Waals surface area (Å²) >= 11 is 0. The first-order valence-corrected chi connectivity index (χ1v) is 27.1. The van der Waals surface area contributed by atoms with Gasteiger partial charge in [-0.25, -0.2) is 0 Å². The highest BCUT2D eigenvalue weighted by atomic mass is 16.3. The van der Waals surface area contributed by atoms with Crippen LogP contribution in [-0.4, -0.2) is 34.9 Å². The van der Waals surface area contributed by atoms with E-state index in [4.69, 9.17) is 0 Å². The number of carbonyl (C=O) groups is 1. The molecule has 366 valence electrons. The summed E-state index contributed by atoms with van der Waals surface area (Å²) in [4.78, 5) is 12.4. The van der Waals surface area contributed by atoms with Crippen molar-refractivity contribution >= 4 is 5.91 Å². The fraction of sp³-hybridized carbons (Fsp3) is 0.683. The van der Waals surface area contributed by atoms with E-state index in [2.05, 4.69) is 116 Å². The van der Waals surface area contributed by atoms with E-state index in [1.165, 1.54) is 135 Å². The molecule has 0 aliphatic rings. The van der Waals surface area contributed by atoms with E-state index < -0.39 is 12.1 Å². The molecular formula is C60H103NO3. The van der Waals surface area contributed by atoms with Crippen LogP contribution in [0.1, 0.15) is 245 Å². The Morgan fingerprint density at radius 3 is 1.09 bits per heavy atom. The third kappa shape index (κ3) is 50.1. The first-order chi connectivity index (χ1) is 31.7. The standard InChI is InChI=1S/C60H103NO3/c1-3-5-7-9-11-13-15-17-19-21-23-25-27-29-30-32-33-35-37-39-41-43-45-47-49-51-53-55-59(63)58(57-62)61-60(64)56-54-52-50-48-46-44-42-40-38-36-34-31-28-26-24-22-20-18-16-14-12-10-8-6-4-2/h6,8,12,14,18,20,24,26,31,34,38,40,44-47,53,55,58-59,62-63H,3-5,7,9-11,13,15-17,19,21-23,25,27-30,32-33,35-37,39,41-43,48-52,54,56-57H2,1-2H3,(H,61,64)/b8-6-,14-12-,20-18-,26-24-,34-31-,40-38-,46-44-,47-45+,55-53+. The lowest BCUT2D eigenvalue weighted by Crippen LogP contribution is -2.45. The lowest BCUT2D eigenvalue weighted by atomic mass is 10.0. The monoisotopic (exact) mass is 886 g/mol. The second-order valence-electron chi connectivity index (χ2n) is 17.9. The molecule has 0 radical (unpaired) electrons. The second kappa shape index (κ2) is 54.4. The molecule has 1 amide bonds. The van der Waals surface area contributed by atoms with Crippen molar-refractivity contribution in [2.24, 2.45) is 0 Å². The summed E-state index contributed by atoms with van der Waals surface area (Å²) in [6.45, 7) is 4.18. The summed E-state index contributed by atoms with van der Waals surface area (Å²) in [5.41, 5.74) is 0. The summed E-state index contributed by atoms with van der Waals surface area (Å²) < 4.78 is 0. The number of aliphatic hydroxyl groups is 2. The number of unbranched alkanes of at least 4 members (excludes halogenated alkanes) is 25. The minimum atomic E-state index is -0.886. The number of amides is 1. The predicted octanol–water partition coefficient (Wildman–Crippen LogP) is 17.9. The lowest BCUT2D eigenvalue weighted by Gasteiger charge is -2.19. The number of hydrogen-bond donors (Lipinski definition) is 3. The Bertz CT molecular complexity index is 1230. The first kappa shape index (κ1) is 61.0.